The number of hydrogen-bond acceptors (Lipinski definition) is 5. The van der Waals surface area contributed by atoms with Crippen molar-refractivity contribution >= 4 is 0 Å². The summed E-state index contributed by atoms with van der Waals surface area (Å²) in [6.45, 7) is 4.74. The summed E-state index contributed by atoms with van der Waals surface area (Å²) in [5.41, 5.74) is 1.19. The van der Waals surface area contributed by atoms with Gasteiger partial charge >= 0.3 is 0 Å². The van der Waals surface area contributed by atoms with Gasteiger partial charge < -0.3 is 14.6 Å². The van der Waals surface area contributed by atoms with E-state index in [1.54, 1.807) is 0 Å². The monoisotopic (exact) mass is 259 g/mol. The molecule has 1 aromatic carbocycles. The van der Waals surface area contributed by atoms with Crippen molar-refractivity contribution in [2.75, 3.05) is 0 Å². The summed E-state index contributed by atoms with van der Waals surface area (Å²) in [5.74, 6) is 2.14. The molecular weight excluding hydrogens is 242 g/mol. The van der Waals surface area contributed by atoms with Crippen LogP contribution in [0, 0.1) is 0 Å². The topological polar surface area (TPSA) is 60.2 Å². The first-order valence-corrected chi connectivity index (χ1v) is 6.53. The third kappa shape index (κ3) is 2.61. The third-order valence-corrected chi connectivity index (χ3v) is 3.08. The molecule has 0 bridgehead atoms. The standard InChI is InChI=1S/C14H17N3O2/c1-9(2)15-8-13-16-14(17-19-13)12-7-10-5-3-4-6-11(10)18-12/h3-6,9,12,15H,7-8H2,1-2H3. The quantitative estimate of drug-likeness (QED) is 0.912. The molecule has 0 amide bonds. The van der Waals surface area contributed by atoms with Crippen molar-refractivity contribution in [3.05, 3.63) is 41.5 Å². The summed E-state index contributed by atoms with van der Waals surface area (Å²) < 4.78 is 11.0. The Balaban J connectivity index is 1.68. The normalized spacial score (nSPS) is 17.5. The van der Waals surface area contributed by atoms with Crippen molar-refractivity contribution in [2.45, 2.75) is 39.0 Å². The van der Waals surface area contributed by atoms with Crippen LogP contribution in [0.5, 0.6) is 5.75 Å². The molecule has 3 rings (SSSR count). The molecule has 0 saturated heterocycles. The van der Waals surface area contributed by atoms with Gasteiger partial charge in [0.2, 0.25) is 11.7 Å². The molecule has 100 valence electrons. The van der Waals surface area contributed by atoms with Crippen molar-refractivity contribution in [3.8, 4) is 5.75 Å². The minimum atomic E-state index is -0.131. The molecule has 19 heavy (non-hydrogen) atoms. The number of aromatic nitrogens is 2. The summed E-state index contributed by atoms with van der Waals surface area (Å²) in [4.78, 5) is 4.38. The molecular formula is C14H17N3O2. The second-order valence-corrected chi connectivity index (χ2v) is 5.00. The van der Waals surface area contributed by atoms with E-state index >= 15 is 0 Å². The first kappa shape index (κ1) is 12.2. The van der Waals surface area contributed by atoms with Gasteiger partial charge in [-0.3, -0.25) is 0 Å². The summed E-state index contributed by atoms with van der Waals surface area (Å²) in [5, 5.41) is 7.25. The van der Waals surface area contributed by atoms with Gasteiger partial charge in [-0.25, -0.2) is 0 Å². The lowest BCUT2D eigenvalue weighted by Gasteiger charge is -2.05. The minimum absolute atomic E-state index is 0.131. The molecule has 5 nitrogen and oxygen atoms in total. The predicted molar refractivity (Wildman–Crippen MR) is 69.8 cm³/mol. The fourth-order valence-electron chi connectivity index (χ4n) is 2.09. The Labute approximate surface area is 112 Å². The van der Waals surface area contributed by atoms with E-state index in [9.17, 15) is 0 Å². The lowest BCUT2D eigenvalue weighted by atomic mass is 10.1. The summed E-state index contributed by atoms with van der Waals surface area (Å²) >= 11 is 0. The fourth-order valence-corrected chi connectivity index (χ4v) is 2.09. The van der Waals surface area contributed by atoms with Crippen LogP contribution in [0.25, 0.3) is 0 Å². The third-order valence-electron chi connectivity index (χ3n) is 3.08. The van der Waals surface area contributed by atoms with Gasteiger partial charge in [0.05, 0.1) is 6.54 Å². The van der Waals surface area contributed by atoms with E-state index in [1.807, 2.05) is 18.2 Å². The molecule has 1 aliphatic heterocycles. The molecule has 0 fully saturated rings. The van der Waals surface area contributed by atoms with E-state index in [0.29, 0.717) is 24.3 Å². The Kier molecular flexibility index (Phi) is 3.21. The molecule has 0 aliphatic carbocycles. The van der Waals surface area contributed by atoms with Crippen molar-refractivity contribution < 1.29 is 9.26 Å². The second-order valence-electron chi connectivity index (χ2n) is 5.00. The van der Waals surface area contributed by atoms with Gasteiger partial charge in [-0.2, -0.15) is 4.98 Å². The molecule has 2 aromatic rings. The zero-order chi connectivity index (χ0) is 13.2. The number of benzene rings is 1. The second kappa shape index (κ2) is 5.01. The number of rotatable bonds is 4. The first-order chi connectivity index (χ1) is 9.22. The highest BCUT2D eigenvalue weighted by Gasteiger charge is 2.28. The molecule has 1 N–H and O–H groups in total. The molecule has 5 heteroatoms. The van der Waals surface area contributed by atoms with E-state index in [2.05, 4.69) is 35.4 Å². The van der Waals surface area contributed by atoms with Gasteiger partial charge in [-0.05, 0) is 11.6 Å². The van der Waals surface area contributed by atoms with E-state index in [0.717, 1.165) is 12.2 Å². The van der Waals surface area contributed by atoms with E-state index < -0.39 is 0 Å². The molecule has 1 aromatic heterocycles. The SMILES string of the molecule is CC(C)NCc1nc(C2Cc3ccccc3O2)no1. The van der Waals surface area contributed by atoms with Crippen LogP contribution in [0.2, 0.25) is 0 Å². The number of hydrogen-bond donors (Lipinski definition) is 1. The first-order valence-electron chi connectivity index (χ1n) is 6.53. The Morgan fingerprint density at radius 2 is 2.21 bits per heavy atom. The smallest absolute Gasteiger partial charge is 0.240 e. The Hall–Kier alpha value is -1.88. The van der Waals surface area contributed by atoms with Gasteiger partial charge in [-0.1, -0.05) is 37.2 Å². The van der Waals surface area contributed by atoms with Crippen LogP contribution in [0.1, 0.15) is 37.2 Å². The van der Waals surface area contributed by atoms with Gasteiger partial charge in [0.15, 0.2) is 6.10 Å². The van der Waals surface area contributed by atoms with Crippen LogP contribution in [-0.4, -0.2) is 16.2 Å². The summed E-state index contributed by atoms with van der Waals surface area (Å²) in [7, 11) is 0. The van der Waals surface area contributed by atoms with E-state index in [4.69, 9.17) is 9.26 Å². The van der Waals surface area contributed by atoms with Gasteiger partial charge in [0.1, 0.15) is 5.75 Å². The highest BCUT2D eigenvalue weighted by molar-refractivity contribution is 5.37. The van der Waals surface area contributed by atoms with E-state index in [-0.39, 0.29) is 6.10 Å². The number of fused-ring (bicyclic) bond motifs is 1. The molecule has 1 unspecified atom stereocenters. The van der Waals surface area contributed by atoms with Crippen molar-refractivity contribution in [3.63, 3.8) is 0 Å². The molecule has 1 aliphatic rings. The molecule has 1 atom stereocenters. The molecule has 0 saturated carbocycles. The van der Waals surface area contributed by atoms with Crippen LogP contribution in [-0.2, 0) is 13.0 Å². The van der Waals surface area contributed by atoms with Crippen molar-refractivity contribution in [1.29, 1.82) is 0 Å². The lowest BCUT2D eigenvalue weighted by molar-refractivity contribution is 0.221. The molecule has 2 heterocycles. The average molecular weight is 259 g/mol. The van der Waals surface area contributed by atoms with E-state index in [1.165, 1.54) is 5.56 Å². The van der Waals surface area contributed by atoms with Crippen LogP contribution in [0.3, 0.4) is 0 Å². The number of nitrogens with zero attached hydrogens (tertiary/aromatic N) is 2. The van der Waals surface area contributed by atoms with Gasteiger partial charge in [0, 0.05) is 12.5 Å². The Bertz CT molecular complexity index is 540. The Morgan fingerprint density at radius 1 is 1.37 bits per heavy atom. The maximum Gasteiger partial charge on any atom is 0.240 e. The van der Waals surface area contributed by atoms with Crippen molar-refractivity contribution in [2.24, 2.45) is 0 Å². The van der Waals surface area contributed by atoms with Crippen molar-refractivity contribution in [1.82, 2.24) is 15.5 Å². The predicted octanol–water partition coefficient (Wildman–Crippen LogP) is 2.24. The van der Waals surface area contributed by atoms with Crippen LogP contribution >= 0.6 is 0 Å². The summed E-state index contributed by atoms with van der Waals surface area (Å²) in [6, 6.07) is 8.41. The van der Waals surface area contributed by atoms with Crippen LogP contribution in [0.15, 0.2) is 28.8 Å². The lowest BCUT2D eigenvalue weighted by Crippen LogP contribution is -2.22. The largest absolute Gasteiger partial charge is 0.482 e. The zero-order valence-corrected chi connectivity index (χ0v) is 11.1. The van der Waals surface area contributed by atoms with Crippen LogP contribution in [0.4, 0.5) is 0 Å². The van der Waals surface area contributed by atoms with Gasteiger partial charge in [-0.15, -0.1) is 0 Å². The summed E-state index contributed by atoms with van der Waals surface area (Å²) in [6.07, 6.45) is 0.668. The van der Waals surface area contributed by atoms with Crippen LogP contribution < -0.4 is 10.1 Å². The number of nitrogens with one attached hydrogen (secondary N) is 1. The molecule has 0 radical (unpaired) electrons. The highest BCUT2D eigenvalue weighted by Crippen LogP contribution is 2.35. The zero-order valence-electron chi connectivity index (χ0n) is 11.1. The highest BCUT2D eigenvalue weighted by atomic mass is 16.5. The number of ether oxygens (including phenoxy) is 1. The Morgan fingerprint density at radius 3 is 3.00 bits per heavy atom. The van der Waals surface area contributed by atoms with Gasteiger partial charge in [0.25, 0.3) is 0 Å². The molecule has 0 spiro atoms. The number of para-hydroxylation sites is 1. The maximum absolute atomic E-state index is 5.83. The fraction of sp³-hybridized carbons (Fsp3) is 0.429. The minimum Gasteiger partial charge on any atom is -0.482 e. The maximum atomic E-state index is 5.83. The average Bonchev–Trinajstić information content (AvgIpc) is 3.02.